The molecule has 0 spiro atoms. The number of esters is 2. The summed E-state index contributed by atoms with van der Waals surface area (Å²) in [7, 11) is 0. The van der Waals surface area contributed by atoms with Gasteiger partial charge in [-0.05, 0) is 92.4 Å². The van der Waals surface area contributed by atoms with Crippen LogP contribution in [0, 0.1) is 46.3 Å². The monoisotopic (exact) mass is 514 g/mol. The van der Waals surface area contributed by atoms with Crippen LogP contribution in [0.1, 0.15) is 99.3 Å². The second-order valence-electron chi connectivity index (χ2n) is 13.5. The summed E-state index contributed by atoms with van der Waals surface area (Å²) in [5.41, 5.74) is 1.10. The van der Waals surface area contributed by atoms with E-state index in [0.29, 0.717) is 42.5 Å². The lowest BCUT2D eigenvalue weighted by Crippen LogP contribution is -2.57. The standard InChI is InChI=1S/C31H46O6/c1-17(16-35-19(3)32)7-10-26-18(2)29-27(37-26)14-25-23-9-8-21-13-22(36-20(4)33)11-12-30(21,5)24(23)15-28(34)31(25,29)6/h17,21-25,27,29H,7-16H2,1-6H3/t17-,21+,22-,23-,24+,25-,27+,29-,30+,31-/m1/s1. The Bertz CT molecular complexity index is 984. The molecule has 6 heteroatoms. The van der Waals surface area contributed by atoms with E-state index in [9.17, 15) is 14.4 Å². The molecule has 4 fully saturated rings. The molecule has 0 saturated heterocycles. The second kappa shape index (κ2) is 9.72. The molecule has 5 aliphatic rings. The first-order valence-corrected chi connectivity index (χ1v) is 14.6. The number of ether oxygens (including phenoxy) is 3. The molecule has 4 aliphatic carbocycles. The van der Waals surface area contributed by atoms with E-state index in [1.54, 1.807) is 0 Å². The van der Waals surface area contributed by atoms with Crippen LogP contribution in [0.2, 0.25) is 0 Å². The van der Waals surface area contributed by atoms with Crippen LogP contribution in [0.15, 0.2) is 11.3 Å². The van der Waals surface area contributed by atoms with Crippen LogP contribution in [0.25, 0.3) is 0 Å². The molecule has 37 heavy (non-hydrogen) atoms. The Balaban J connectivity index is 1.30. The fourth-order valence-electron chi connectivity index (χ4n) is 9.55. The Labute approximate surface area is 222 Å². The number of carbonyl (C=O) groups excluding carboxylic acids is 3. The molecular formula is C31H46O6. The summed E-state index contributed by atoms with van der Waals surface area (Å²) < 4.78 is 17.4. The molecule has 0 N–H and O–H groups in total. The molecule has 0 aromatic rings. The number of ketones is 1. The van der Waals surface area contributed by atoms with Gasteiger partial charge >= 0.3 is 11.9 Å². The van der Waals surface area contributed by atoms with Crippen molar-refractivity contribution in [2.24, 2.45) is 46.3 Å². The fourth-order valence-corrected chi connectivity index (χ4v) is 9.55. The van der Waals surface area contributed by atoms with Crippen LogP contribution in [0.4, 0.5) is 0 Å². The summed E-state index contributed by atoms with van der Waals surface area (Å²) in [6, 6.07) is 0. The predicted molar refractivity (Wildman–Crippen MR) is 139 cm³/mol. The predicted octanol–water partition coefficient (Wildman–Crippen LogP) is 6.02. The van der Waals surface area contributed by atoms with Crippen molar-refractivity contribution in [2.45, 2.75) is 112 Å². The molecule has 0 amide bonds. The van der Waals surface area contributed by atoms with Crippen LogP contribution in [-0.2, 0) is 28.6 Å². The first kappa shape index (κ1) is 26.7. The number of carbonyl (C=O) groups is 3. The van der Waals surface area contributed by atoms with Crippen molar-refractivity contribution in [3.05, 3.63) is 11.3 Å². The quantitative estimate of drug-likeness (QED) is 0.404. The molecule has 10 atom stereocenters. The van der Waals surface area contributed by atoms with Crippen LogP contribution < -0.4 is 0 Å². The molecular weight excluding hydrogens is 468 g/mol. The summed E-state index contributed by atoms with van der Waals surface area (Å²) in [6.07, 6.45) is 8.83. The summed E-state index contributed by atoms with van der Waals surface area (Å²) in [4.78, 5) is 36.8. The SMILES string of the molecule is CC(=O)OC[C@H](C)CCC1=C(C)[C@@H]2[C@H](C[C@@H]3[C@@H]4CC[C@H]5C[C@H](OC(C)=O)CC[C@]5(C)[C@H]4CC(=O)[C@@]32C)O1. The normalized spacial score (nSPS) is 43.2. The van der Waals surface area contributed by atoms with Gasteiger partial charge in [0.25, 0.3) is 0 Å². The van der Waals surface area contributed by atoms with Crippen molar-refractivity contribution in [1.82, 2.24) is 0 Å². The van der Waals surface area contributed by atoms with Crippen LogP contribution in [-0.4, -0.2) is 36.5 Å². The van der Waals surface area contributed by atoms with Gasteiger partial charge in [-0.15, -0.1) is 0 Å². The average Bonchev–Trinajstić information content (AvgIpc) is 3.31. The Hall–Kier alpha value is -1.85. The molecule has 0 unspecified atom stereocenters. The third kappa shape index (κ3) is 4.44. The number of fused-ring (bicyclic) bond motifs is 7. The molecule has 1 aliphatic heterocycles. The van der Waals surface area contributed by atoms with E-state index in [2.05, 4.69) is 27.7 Å². The summed E-state index contributed by atoms with van der Waals surface area (Å²) in [5.74, 6) is 3.49. The van der Waals surface area contributed by atoms with E-state index < -0.39 is 0 Å². The lowest BCUT2D eigenvalue weighted by atomic mass is 9.44. The Morgan fingerprint density at radius 3 is 2.54 bits per heavy atom. The third-order valence-corrected chi connectivity index (χ3v) is 11.5. The molecule has 0 bridgehead atoms. The van der Waals surface area contributed by atoms with Gasteiger partial charge in [-0.2, -0.15) is 0 Å². The minimum absolute atomic E-state index is 0.0406. The van der Waals surface area contributed by atoms with Gasteiger partial charge in [-0.1, -0.05) is 20.8 Å². The number of Topliss-reactive ketones (excluding diaryl/α,β-unsaturated/α-hetero) is 1. The van der Waals surface area contributed by atoms with Gasteiger partial charge in [0.2, 0.25) is 0 Å². The zero-order valence-corrected chi connectivity index (χ0v) is 23.6. The Kier molecular flexibility index (Phi) is 7.02. The summed E-state index contributed by atoms with van der Waals surface area (Å²) in [6.45, 7) is 12.4. The molecule has 0 aromatic heterocycles. The molecule has 206 valence electrons. The first-order valence-electron chi connectivity index (χ1n) is 14.6. The lowest BCUT2D eigenvalue weighted by Gasteiger charge is -2.60. The summed E-state index contributed by atoms with van der Waals surface area (Å²) >= 11 is 0. The van der Waals surface area contributed by atoms with Crippen molar-refractivity contribution < 1.29 is 28.6 Å². The maximum atomic E-state index is 14.1. The molecule has 0 radical (unpaired) electrons. The first-order chi connectivity index (χ1) is 17.4. The van der Waals surface area contributed by atoms with Crippen molar-refractivity contribution in [3.8, 4) is 0 Å². The van der Waals surface area contributed by atoms with E-state index in [-0.39, 0.29) is 46.8 Å². The zero-order valence-electron chi connectivity index (χ0n) is 23.6. The topological polar surface area (TPSA) is 78.9 Å². The second-order valence-corrected chi connectivity index (χ2v) is 13.5. The van der Waals surface area contributed by atoms with Crippen molar-refractivity contribution >= 4 is 17.7 Å². The van der Waals surface area contributed by atoms with Gasteiger partial charge in [-0.3, -0.25) is 14.4 Å². The number of allylic oxidation sites excluding steroid dienone is 1. The number of hydrogen-bond acceptors (Lipinski definition) is 6. The largest absolute Gasteiger partial charge is 0.494 e. The molecule has 5 rings (SSSR count). The maximum Gasteiger partial charge on any atom is 0.302 e. The highest BCUT2D eigenvalue weighted by Gasteiger charge is 2.67. The van der Waals surface area contributed by atoms with Crippen molar-refractivity contribution in [2.75, 3.05) is 6.61 Å². The Morgan fingerprint density at radius 1 is 1.08 bits per heavy atom. The zero-order chi connectivity index (χ0) is 26.7. The van der Waals surface area contributed by atoms with E-state index in [0.717, 1.165) is 44.3 Å². The molecule has 6 nitrogen and oxygen atoms in total. The third-order valence-electron chi connectivity index (χ3n) is 11.5. The van der Waals surface area contributed by atoms with Crippen LogP contribution in [0.3, 0.4) is 0 Å². The number of rotatable bonds is 6. The van der Waals surface area contributed by atoms with E-state index in [1.807, 2.05) is 0 Å². The summed E-state index contributed by atoms with van der Waals surface area (Å²) in [5, 5.41) is 0. The average molecular weight is 515 g/mol. The van der Waals surface area contributed by atoms with Gasteiger partial charge in [0.15, 0.2) is 0 Å². The minimum Gasteiger partial charge on any atom is -0.494 e. The highest BCUT2D eigenvalue weighted by molar-refractivity contribution is 5.87. The van der Waals surface area contributed by atoms with Gasteiger partial charge in [-0.25, -0.2) is 0 Å². The van der Waals surface area contributed by atoms with Crippen LogP contribution >= 0.6 is 0 Å². The highest BCUT2D eigenvalue weighted by atomic mass is 16.5. The van der Waals surface area contributed by atoms with E-state index >= 15 is 0 Å². The van der Waals surface area contributed by atoms with Gasteiger partial charge in [0.05, 0.1) is 12.4 Å². The Morgan fingerprint density at radius 2 is 1.84 bits per heavy atom. The van der Waals surface area contributed by atoms with Gasteiger partial charge in [0, 0.05) is 38.0 Å². The lowest BCUT2D eigenvalue weighted by molar-refractivity contribution is -0.165. The molecule has 0 aromatic carbocycles. The van der Waals surface area contributed by atoms with Crippen LogP contribution in [0.5, 0.6) is 0 Å². The molecule has 1 heterocycles. The minimum atomic E-state index is -0.334. The fraction of sp³-hybridized carbons (Fsp3) is 0.839. The van der Waals surface area contributed by atoms with E-state index in [1.165, 1.54) is 32.3 Å². The van der Waals surface area contributed by atoms with E-state index in [4.69, 9.17) is 14.2 Å². The van der Waals surface area contributed by atoms with Crippen molar-refractivity contribution in [3.63, 3.8) is 0 Å². The molecule has 4 saturated carbocycles. The smallest absolute Gasteiger partial charge is 0.302 e. The highest BCUT2D eigenvalue weighted by Crippen LogP contribution is 2.68. The maximum absolute atomic E-state index is 14.1. The number of hydrogen-bond donors (Lipinski definition) is 0. The van der Waals surface area contributed by atoms with Gasteiger partial charge < -0.3 is 14.2 Å². The van der Waals surface area contributed by atoms with Gasteiger partial charge in [0.1, 0.15) is 18.0 Å². The van der Waals surface area contributed by atoms with Crippen molar-refractivity contribution in [1.29, 1.82) is 0 Å².